The Morgan fingerprint density at radius 3 is 2.38 bits per heavy atom. The van der Waals surface area contributed by atoms with E-state index in [9.17, 15) is 0 Å². The van der Waals surface area contributed by atoms with Gasteiger partial charge in [0.15, 0.2) is 6.71 Å². The molecule has 0 amide bonds. The van der Waals surface area contributed by atoms with Crippen LogP contribution in [0.2, 0.25) is 13.6 Å². The lowest BCUT2D eigenvalue weighted by molar-refractivity contribution is 1.30. The summed E-state index contributed by atoms with van der Waals surface area (Å²) in [4.78, 5) is 8.48. The molecule has 0 atom stereocenters. The predicted octanol–water partition coefficient (Wildman–Crippen LogP) is 1.59. The van der Waals surface area contributed by atoms with E-state index in [0.717, 1.165) is 11.0 Å². The number of aromatic nitrogens is 2. The quantitative estimate of drug-likeness (QED) is 0.607. The molecule has 0 N–H and O–H groups in total. The first kappa shape index (κ1) is 8.23. The molecular formula is C10H11BN2. The molecule has 1 aromatic heterocycles. The smallest absolute Gasteiger partial charge is 0.169 e. The maximum Gasteiger partial charge on any atom is 0.169 e. The van der Waals surface area contributed by atoms with Gasteiger partial charge in [-0.2, -0.15) is 0 Å². The van der Waals surface area contributed by atoms with E-state index in [1.54, 1.807) is 12.4 Å². The zero-order valence-electron chi connectivity index (χ0n) is 7.86. The second-order valence-electron chi connectivity index (χ2n) is 3.46. The van der Waals surface area contributed by atoms with Crippen LogP contribution in [0.3, 0.4) is 0 Å². The van der Waals surface area contributed by atoms with Crippen molar-refractivity contribution >= 4 is 23.2 Å². The molecule has 1 heterocycles. The molecule has 3 heteroatoms. The van der Waals surface area contributed by atoms with Crippen LogP contribution >= 0.6 is 0 Å². The third kappa shape index (κ3) is 1.54. The molecule has 2 rings (SSSR count). The third-order valence-electron chi connectivity index (χ3n) is 2.16. The maximum absolute atomic E-state index is 4.26. The van der Waals surface area contributed by atoms with E-state index in [4.69, 9.17) is 0 Å². The first-order valence-electron chi connectivity index (χ1n) is 4.48. The van der Waals surface area contributed by atoms with Gasteiger partial charge in [0.05, 0.1) is 11.0 Å². The highest BCUT2D eigenvalue weighted by Crippen LogP contribution is 2.04. The standard InChI is InChI=1S/C10H11BN2/c1-11(2)8-3-4-9-10(7-8)13-6-5-12-9/h3-7H,1-2H3. The number of nitrogens with zero attached hydrogens (tertiary/aromatic N) is 2. The summed E-state index contributed by atoms with van der Waals surface area (Å²) in [6, 6.07) is 6.24. The minimum Gasteiger partial charge on any atom is -0.253 e. The van der Waals surface area contributed by atoms with Crippen LogP contribution in [-0.4, -0.2) is 16.7 Å². The molecule has 0 unspecified atom stereocenters. The minimum atomic E-state index is 0.548. The molecule has 2 nitrogen and oxygen atoms in total. The molecule has 0 radical (unpaired) electrons. The van der Waals surface area contributed by atoms with E-state index in [1.165, 1.54) is 5.46 Å². The van der Waals surface area contributed by atoms with Crippen LogP contribution in [0.1, 0.15) is 0 Å². The topological polar surface area (TPSA) is 25.8 Å². The SMILES string of the molecule is CB(C)c1ccc2nccnc2c1. The van der Waals surface area contributed by atoms with Gasteiger partial charge in [-0.3, -0.25) is 9.97 Å². The molecular weight excluding hydrogens is 159 g/mol. The van der Waals surface area contributed by atoms with Crippen LogP contribution in [0.4, 0.5) is 0 Å². The van der Waals surface area contributed by atoms with Crippen molar-refractivity contribution in [3.63, 3.8) is 0 Å². The van der Waals surface area contributed by atoms with Crippen molar-refractivity contribution in [2.75, 3.05) is 0 Å². The molecule has 0 saturated carbocycles. The van der Waals surface area contributed by atoms with Crippen LogP contribution in [-0.2, 0) is 0 Å². The monoisotopic (exact) mass is 170 g/mol. The van der Waals surface area contributed by atoms with E-state index in [-0.39, 0.29) is 0 Å². The van der Waals surface area contributed by atoms with E-state index >= 15 is 0 Å². The Morgan fingerprint density at radius 1 is 1.00 bits per heavy atom. The van der Waals surface area contributed by atoms with Gasteiger partial charge in [0.1, 0.15) is 0 Å². The highest BCUT2D eigenvalue weighted by molar-refractivity contribution is 6.70. The highest BCUT2D eigenvalue weighted by Gasteiger charge is 2.03. The third-order valence-corrected chi connectivity index (χ3v) is 2.16. The zero-order chi connectivity index (χ0) is 9.26. The van der Waals surface area contributed by atoms with Crippen molar-refractivity contribution in [1.82, 2.24) is 9.97 Å². The molecule has 13 heavy (non-hydrogen) atoms. The van der Waals surface area contributed by atoms with Gasteiger partial charge >= 0.3 is 0 Å². The molecule has 0 aliphatic carbocycles. The summed E-state index contributed by atoms with van der Waals surface area (Å²) in [5, 5.41) is 0. The number of rotatable bonds is 1. The molecule has 2 aromatic rings. The average molecular weight is 170 g/mol. The number of hydrogen-bond acceptors (Lipinski definition) is 2. The Bertz CT molecular complexity index is 426. The van der Waals surface area contributed by atoms with Crippen LogP contribution in [0.5, 0.6) is 0 Å². The number of hydrogen-bond donors (Lipinski definition) is 0. The van der Waals surface area contributed by atoms with Gasteiger partial charge in [0.2, 0.25) is 0 Å². The van der Waals surface area contributed by atoms with Gasteiger partial charge in [-0.1, -0.05) is 25.2 Å². The Labute approximate surface area is 78.1 Å². The van der Waals surface area contributed by atoms with Gasteiger partial charge in [-0.05, 0) is 12.1 Å². The summed E-state index contributed by atoms with van der Waals surface area (Å²) in [6.45, 7) is 4.90. The van der Waals surface area contributed by atoms with Gasteiger partial charge in [-0.15, -0.1) is 0 Å². The van der Waals surface area contributed by atoms with E-state index < -0.39 is 0 Å². The van der Waals surface area contributed by atoms with Crippen molar-refractivity contribution in [2.24, 2.45) is 0 Å². The summed E-state index contributed by atoms with van der Waals surface area (Å²) >= 11 is 0. The summed E-state index contributed by atoms with van der Waals surface area (Å²) in [5.74, 6) is 0. The van der Waals surface area contributed by atoms with Crippen molar-refractivity contribution in [3.8, 4) is 0 Å². The zero-order valence-corrected chi connectivity index (χ0v) is 7.86. The van der Waals surface area contributed by atoms with E-state index in [0.29, 0.717) is 6.71 Å². The minimum absolute atomic E-state index is 0.548. The summed E-state index contributed by atoms with van der Waals surface area (Å²) < 4.78 is 0. The van der Waals surface area contributed by atoms with Crippen LogP contribution < -0.4 is 5.46 Å². The Hall–Kier alpha value is -1.38. The average Bonchev–Trinajstić information content (AvgIpc) is 2.17. The van der Waals surface area contributed by atoms with Crippen molar-refractivity contribution in [1.29, 1.82) is 0 Å². The molecule has 1 aromatic carbocycles. The Morgan fingerprint density at radius 2 is 1.69 bits per heavy atom. The maximum atomic E-state index is 4.26. The van der Waals surface area contributed by atoms with Crippen LogP contribution in [0.15, 0.2) is 30.6 Å². The largest absolute Gasteiger partial charge is 0.253 e. The fourth-order valence-electron chi connectivity index (χ4n) is 1.34. The van der Waals surface area contributed by atoms with Gasteiger partial charge in [0, 0.05) is 12.4 Å². The molecule has 0 spiro atoms. The van der Waals surface area contributed by atoms with Gasteiger partial charge < -0.3 is 0 Å². The molecule has 0 aliphatic heterocycles. The predicted molar refractivity (Wildman–Crippen MR) is 56.7 cm³/mol. The van der Waals surface area contributed by atoms with Crippen molar-refractivity contribution in [2.45, 2.75) is 13.6 Å². The fourth-order valence-corrected chi connectivity index (χ4v) is 1.34. The molecule has 0 saturated heterocycles. The molecule has 64 valence electrons. The number of benzene rings is 1. The van der Waals surface area contributed by atoms with Crippen molar-refractivity contribution in [3.05, 3.63) is 30.6 Å². The van der Waals surface area contributed by atoms with E-state index in [1.807, 2.05) is 6.07 Å². The summed E-state index contributed by atoms with van der Waals surface area (Å²) in [7, 11) is 0. The first-order chi connectivity index (χ1) is 6.27. The summed E-state index contributed by atoms with van der Waals surface area (Å²) in [5.41, 5.74) is 3.26. The lowest BCUT2D eigenvalue weighted by Crippen LogP contribution is -2.22. The second-order valence-corrected chi connectivity index (χ2v) is 3.46. The Kier molecular flexibility index (Phi) is 2.01. The van der Waals surface area contributed by atoms with Gasteiger partial charge in [0.25, 0.3) is 0 Å². The second kappa shape index (κ2) is 3.17. The molecule has 0 bridgehead atoms. The first-order valence-corrected chi connectivity index (χ1v) is 4.48. The Balaban J connectivity index is 2.62. The number of fused-ring (bicyclic) bond motifs is 1. The molecule has 0 fully saturated rings. The lowest BCUT2D eigenvalue weighted by Gasteiger charge is -2.02. The van der Waals surface area contributed by atoms with Crippen LogP contribution in [0.25, 0.3) is 11.0 Å². The van der Waals surface area contributed by atoms with Crippen LogP contribution in [0, 0.1) is 0 Å². The summed E-state index contributed by atoms with van der Waals surface area (Å²) in [6.07, 6.45) is 3.45. The van der Waals surface area contributed by atoms with Gasteiger partial charge in [-0.25, -0.2) is 0 Å². The molecule has 0 aliphatic rings. The lowest BCUT2D eigenvalue weighted by atomic mass is 9.49. The normalized spacial score (nSPS) is 10.3. The van der Waals surface area contributed by atoms with Crippen molar-refractivity contribution < 1.29 is 0 Å². The highest BCUT2D eigenvalue weighted by atomic mass is 14.8. The van der Waals surface area contributed by atoms with E-state index in [2.05, 4.69) is 35.7 Å². The fraction of sp³-hybridized carbons (Fsp3) is 0.200.